The van der Waals surface area contributed by atoms with Crippen LogP contribution in [0, 0.1) is 0 Å². The van der Waals surface area contributed by atoms with Gasteiger partial charge in [-0.3, -0.25) is 0 Å². The lowest BCUT2D eigenvalue weighted by Gasteiger charge is -2.18. The van der Waals surface area contributed by atoms with Crippen LogP contribution in [0.5, 0.6) is 0 Å². The van der Waals surface area contributed by atoms with Gasteiger partial charge in [0.15, 0.2) is 34.9 Å². The number of hydrogen-bond donors (Lipinski definition) is 0. The number of benzene rings is 9. The van der Waals surface area contributed by atoms with Crippen molar-refractivity contribution in [1.29, 1.82) is 0 Å². The van der Waals surface area contributed by atoms with E-state index in [-0.39, 0.29) is 0 Å². The highest BCUT2D eigenvalue weighted by Gasteiger charge is 2.20. The van der Waals surface area contributed by atoms with E-state index >= 15 is 0 Å². The topological polar surface area (TPSA) is 77.3 Å². The molecule has 0 N–H and O–H groups in total. The van der Waals surface area contributed by atoms with Crippen LogP contribution in [0.25, 0.3) is 112 Å². The Labute approximate surface area is 371 Å². The van der Waals surface area contributed by atoms with Crippen molar-refractivity contribution in [2.75, 3.05) is 0 Å². The smallest absolute Gasteiger partial charge is 0.164 e. The first kappa shape index (κ1) is 38.2. The third-order valence-electron chi connectivity index (χ3n) is 11.4. The van der Waals surface area contributed by atoms with Crippen LogP contribution in [0.1, 0.15) is 0 Å². The monoisotopic (exact) mass is 818 g/mol. The lowest BCUT2D eigenvalue weighted by atomic mass is 9.87. The highest BCUT2D eigenvalue weighted by atomic mass is 15.0. The molecule has 6 nitrogen and oxygen atoms in total. The maximum absolute atomic E-state index is 5.13. The van der Waals surface area contributed by atoms with E-state index in [2.05, 4.69) is 103 Å². The molecule has 11 aromatic rings. The third kappa shape index (κ3) is 7.61. The summed E-state index contributed by atoms with van der Waals surface area (Å²) in [6.45, 7) is 0. The number of fused-ring (bicyclic) bond motifs is 1. The molecular weight excluding hydrogens is 781 g/mol. The summed E-state index contributed by atoms with van der Waals surface area (Å²) in [5, 5.41) is 2.22. The van der Waals surface area contributed by atoms with E-state index in [4.69, 9.17) is 29.9 Å². The van der Waals surface area contributed by atoms with E-state index in [0.29, 0.717) is 34.9 Å². The van der Waals surface area contributed by atoms with Crippen LogP contribution in [0.3, 0.4) is 0 Å². The second-order valence-electron chi connectivity index (χ2n) is 15.5. The van der Waals surface area contributed by atoms with Crippen LogP contribution in [-0.4, -0.2) is 29.9 Å². The molecule has 2 heterocycles. The van der Waals surface area contributed by atoms with E-state index in [9.17, 15) is 0 Å². The van der Waals surface area contributed by atoms with Gasteiger partial charge in [-0.05, 0) is 62.4 Å². The number of nitrogens with zero attached hydrogens (tertiary/aromatic N) is 6. The Balaban J connectivity index is 1.09. The van der Waals surface area contributed by atoms with Gasteiger partial charge in [-0.15, -0.1) is 0 Å². The van der Waals surface area contributed by atoms with E-state index in [1.807, 2.05) is 127 Å². The molecule has 0 aliphatic carbocycles. The fourth-order valence-electron chi connectivity index (χ4n) is 8.26. The fourth-order valence-corrected chi connectivity index (χ4v) is 8.26. The van der Waals surface area contributed by atoms with Gasteiger partial charge in [0.25, 0.3) is 0 Å². The predicted octanol–water partition coefficient (Wildman–Crippen LogP) is 14.2. The molecule has 0 atom stereocenters. The van der Waals surface area contributed by atoms with Crippen molar-refractivity contribution in [3.63, 3.8) is 0 Å². The molecule has 300 valence electrons. The molecule has 0 bridgehead atoms. The van der Waals surface area contributed by atoms with E-state index in [0.717, 1.165) is 77.5 Å². The summed E-state index contributed by atoms with van der Waals surface area (Å²) in [6, 6.07) is 79.1. The molecule has 64 heavy (non-hydrogen) atoms. The van der Waals surface area contributed by atoms with Crippen molar-refractivity contribution in [2.24, 2.45) is 0 Å². The zero-order valence-electron chi connectivity index (χ0n) is 34.6. The van der Waals surface area contributed by atoms with Crippen LogP contribution in [-0.2, 0) is 0 Å². The van der Waals surface area contributed by atoms with Crippen molar-refractivity contribution in [2.45, 2.75) is 0 Å². The summed E-state index contributed by atoms with van der Waals surface area (Å²) in [6.07, 6.45) is 0. The summed E-state index contributed by atoms with van der Waals surface area (Å²) in [7, 11) is 0. The molecule has 11 rings (SSSR count). The van der Waals surface area contributed by atoms with Crippen molar-refractivity contribution in [3.05, 3.63) is 231 Å². The largest absolute Gasteiger partial charge is 0.208 e. The van der Waals surface area contributed by atoms with Gasteiger partial charge < -0.3 is 0 Å². The van der Waals surface area contributed by atoms with Crippen LogP contribution in [0.2, 0.25) is 0 Å². The molecule has 0 spiro atoms. The number of aromatic nitrogens is 6. The highest BCUT2D eigenvalue weighted by molar-refractivity contribution is 6.04. The van der Waals surface area contributed by atoms with Gasteiger partial charge >= 0.3 is 0 Å². The first-order chi connectivity index (χ1) is 31.7. The quantitative estimate of drug-likeness (QED) is 0.144. The Morgan fingerprint density at radius 2 is 0.562 bits per heavy atom. The van der Waals surface area contributed by atoms with E-state index in [1.165, 1.54) is 0 Å². The minimum absolute atomic E-state index is 0.605. The van der Waals surface area contributed by atoms with Crippen LogP contribution in [0.4, 0.5) is 0 Å². The van der Waals surface area contributed by atoms with Gasteiger partial charge in [0.1, 0.15) is 0 Å². The Hall–Kier alpha value is -8.74. The standard InChI is InChI=1S/C58H38N6/c1-6-20-39(21-7-1)51-37-45(47-31-18-19-33-50(47)58-63-55(42-26-12-4-13-27-42)60-56(64-58)43-28-14-5-15-29-43)34-35-49(51)52-38-46(36-44-30-16-17-32-48(44)52)57-61-53(40-22-8-2-9-23-40)59-54(62-57)41-24-10-3-11-25-41/h1-38H. The van der Waals surface area contributed by atoms with Crippen LogP contribution >= 0.6 is 0 Å². The van der Waals surface area contributed by atoms with Gasteiger partial charge in [0, 0.05) is 33.4 Å². The van der Waals surface area contributed by atoms with Crippen molar-refractivity contribution in [3.8, 4) is 102 Å². The molecule has 0 amide bonds. The predicted molar refractivity (Wildman–Crippen MR) is 260 cm³/mol. The molecule has 0 aliphatic heterocycles. The average molecular weight is 819 g/mol. The normalized spacial score (nSPS) is 11.1. The van der Waals surface area contributed by atoms with Crippen LogP contribution in [0.15, 0.2) is 231 Å². The molecule has 2 aromatic heterocycles. The zero-order chi connectivity index (χ0) is 42.7. The summed E-state index contributed by atoms with van der Waals surface area (Å²) in [5.74, 6) is 3.70. The molecular formula is C58H38N6. The lowest BCUT2D eigenvalue weighted by molar-refractivity contribution is 1.07. The summed E-state index contributed by atoms with van der Waals surface area (Å²) < 4.78 is 0. The van der Waals surface area contributed by atoms with Crippen molar-refractivity contribution >= 4 is 10.8 Å². The first-order valence-corrected chi connectivity index (χ1v) is 21.3. The Bertz CT molecular complexity index is 3300. The van der Waals surface area contributed by atoms with Crippen LogP contribution < -0.4 is 0 Å². The van der Waals surface area contributed by atoms with Gasteiger partial charge in [-0.2, -0.15) is 0 Å². The highest BCUT2D eigenvalue weighted by Crippen LogP contribution is 2.42. The first-order valence-electron chi connectivity index (χ1n) is 21.3. The fraction of sp³-hybridized carbons (Fsp3) is 0. The Kier molecular flexibility index (Phi) is 10.1. The number of rotatable bonds is 9. The minimum atomic E-state index is 0.605. The average Bonchev–Trinajstić information content (AvgIpc) is 3.39. The van der Waals surface area contributed by atoms with Crippen molar-refractivity contribution < 1.29 is 0 Å². The number of hydrogen-bond acceptors (Lipinski definition) is 6. The molecule has 0 saturated carbocycles. The molecule has 0 saturated heterocycles. The van der Waals surface area contributed by atoms with Crippen molar-refractivity contribution in [1.82, 2.24) is 29.9 Å². The van der Waals surface area contributed by atoms with E-state index < -0.39 is 0 Å². The maximum atomic E-state index is 5.13. The molecule has 0 radical (unpaired) electrons. The Morgan fingerprint density at radius 1 is 0.188 bits per heavy atom. The molecule has 6 heteroatoms. The minimum Gasteiger partial charge on any atom is -0.208 e. The van der Waals surface area contributed by atoms with Gasteiger partial charge in [-0.1, -0.05) is 212 Å². The summed E-state index contributed by atoms with van der Waals surface area (Å²) in [4.78, 5) is 30.4. The molecule has 0 unspecified atom stereocenters. The third-order valence-corrected chi connectivity index (χ3v) is 11.4. The maximum Gasteiger partial charge on any atom is 0.164 e. The zero-order valence-corrected chi connectivity index (χ0v) is 34.6. The van der Waals surface area contributed by atoms with Gasteiger partial charge in [0.2, 0.25) is 0 Å². The van der Waals surface area contributed by atoms with E-state index in [1.54, 1.807) is 0 Å². The lowest BCUT2D eigenvalue weighted by Crippen LogP contribution is -2.01. The molecule has 0 fully saturated rings. The second-order valence-corrected chi connectivity index (χ2v) is 15.5. The summed E-state index contributed by atoms with van der Waals surface area (Å²) >= 11 is 0. The van der Waals surface area contributed by atoms with Gasteiger partial charge in [0.05, 0.1) is 0 Å². The van der Waals surface area contributed by atoms with Gasteiger partial charge in [-0.25, -0.2) is 29.9 Å². The Morgan fingerprint density at radius 3 is 1.06 bits per heavy atom. The SMILES string of the molecule is c1ccc(-c2nc(-c3ccccc3)nc(-c3cc(-c4ccc(-c5ccccc5-c5nc(-c6ccccc6)nc(-c6ccccc6)n5)cc4-c4ccccc4)c4ccccc4c3)n2)cc1. The molecule has 0 aliphatic rings. The molecule has 9 aromatic carbocycles. The second kappa shape index (κ2) is 17.0. The summed E-state index contributed by atoms with van der Waals surface area (Å²) in [5.41, 5.74) is 11.9.